The van der Waals surface area contributed by atoms with Crippen LogP contribution >= 0.6 is 22.9 Å². The van der Waals surface area contributed by atoms with E-state index in [2.05, 4.69) is 4.98 Å². The molecule has 0 unspecified atom stereocenters. The van der Waals surface area contributed by atoms with Crippen molar-refractivity contribution in [3.63, 3.8) is 0 Å². The Labute approximate surface area is 106 Å². The Kier molecular flexibility index (Phi) is 3.40. The van der Waals surface area contributed by atoms with Crippen molar-refractivity contribution in [1.82, 2.24) is 4.98 Å². The molecule has 0 saturated carbocycles. The van der Waals surface area contributed by atoms with Crippen LogP contribution in [-0.4, -0.2) is 10.8 Å². The molecule has 0 aliphatic heterocycles. The summed E-state index contributed by atoms with van der Waals surface area (Å²) in [5.74, 6) is -0.963. The standard InChI is InChI=1S/C11H8ClFN2OS/c12-6-1-2-8(9(13)3-6)10(16)4-7-5-17-11(14)15-7/h1-3,5H,4H2,(H2,14,15). The van der Waals surface area contributed by atoms with Gasteiger partial charge >= 0.3 is 0 Å². The number of carbonyl (C=O) groups excluding carboxylic acids is 1. The van der Waals surface area contributed by atoms with Crippen molar-refractivity contribution in [1.29, 1.82) is 0 Å². The van der Waals surface area contributed by atoms with Gasteiger partial charge in [-0.3, -0.25) is 4.79 Å². The number of rotatable bonds is 3. The zero-order valence-corrected chi connectivity index (χ0v) is 10.2. The van der Waals surface area contributed by atoms with Crippen molar-refractivity contribution >= 4 is 33.9 Å². The number of thiazole rings is 1. The van der Waals surface area contributed by atoms with Gasteiger partial charge in [-0.1, -0.05) is 11.6 Å². The monoisotopic (exact) mass is 270 g/mol. The van der Waals surface area contributed by atoms with Crippen LogP contribution in [0.1, 0.15) is 16.1 Å². The maximum absolute atomic E-state index is 13.5. The lowest BCUT2D eigenvalue weighted by Gasteiger charge is -2.01. The van der Waals surface area contributed by atoms with Crippen LogP contribution in [0.3, 0.4) is 0 Å². The first-order valence-electron chi connectivity index (χ1n) is 4.74. The molecule has 0 saturated heterocycles. The fraction of sp³-hybridized carbons (Fsp3) is 0.0909. The first-order valence-corrected chi connectivity index (χ1v) is 6.00. The third-order valence-corrected chi connectivity index (χ3v) is 3.10. The Balaban J connectivity index is 2.20. The molecule has 2 N–H and O–H groups in total. The molecular formula is C11H8ClFN2OS. The van der Waals surface area contributed by atoms with Gasteiger partial charge in [-0.15, -0.1) is 11.3 Å². The predicted molar refractivity (Wildman–Crippen MR) is 66.0 cm³/mol. The lowest BCUT2D eigenvalue weighted by molar-refractivity contribution is 0.0988. The number of nitrogens with zero attached hydrogens (tertiary/aromatic N) is 1. The molecule has 0 amide bonds. The molecule has 88 valence electrons. The number of nitrogens with two attached hydrogens (primary N) is 1. The molecular weight excluding hydrogens is 263 g/mol. The van der Waals surface area contributed by atoms with Crippen LogP contribution in [0.25, 0.3) is 0 Å². The van der Waals surface area contributed by atoms with Crippen LogP contribution in [0.4, 0.5) is 9.52 Å². The second-order valence-electron chi connectivity index (χ2n) is 3.40. The summed E-state index contributed by atoms with van der Waals surface area (Å²) in [6.45, 7) is 0. The summed E-state index contributed by atoms with van der Waals surface area (Å²) < 4.78 is 13.5. The summed E-state index contributed by atoms with van der Waals surface area (Å²) in [6.07, 6.45) is 0.0340. The second kappa shape index (κ2) is 4.81. The highest BCUT2D eigenvalue weighted by Crippen LogP contribution is 2.18. The molecule has 0 atom stereocenters. The molecule has 0 bridgehead atoms. The molecule has 0 aliphatic carbocycles. The number of benzene rings is 1. The summed E-state index contributed by atoms with van der Waals surface area (Å²) in [5.41, 5.74) is 6.01. The van der Waals surface area contributed by atoms with Crippen LogP contribution in [0, 0.1) is 5.82 Å². The number of carbonyl (C=O) groups is 1. The summed E-state index contributed by atoms with van der Waals surface area (Å²) in [7, 11) is 0. The van der Waals surface area contributed by atoms with Gasteiger partial charge in [0.2, 0.25) is 0 Å². The molecule has 0 aliphatic rings. The fourth-order valence-corrected chi connectivity index (χ4v) is 2.10. The Morgan fingerprint density at radius 2 is 2.29 bits per heavy atom. The van der Waals surface area contributed by atoms with Crippen LogP contribution in [0.5, 0.6) is 0 Å². The molecule has 2 rings (SSSR count). The van der Waals surface area contributed by atoms with E-state index in [1.165, 1.54) is 23.5 Å². The average Bonchev–Trinajstić information content (AvgIpc) is 2.63. The van der Waals surface area contributed by atoms with Crippen molar-refractivity contribution in [2.45, 2.75) is 6.42 Å². The van der Waals surface area contributed by atoms with E-state index in [0.29, 0.717) is 10.8 Å². The Bertz CT molecular complexity index is 570. The van der Waals surface area contributed by atoms with Crippen molar-refractivity contribution in [3.05, 3.63) is 45.7 Å². The molecule has 3 nitrogen and oxygen atoms in total. The largest absolute Gasteiger partial charge is 0.375 e. The van der Waals surface area contributed by atoms with Gasteiger partial charge in [0, 0.05) is 10.4 Å². The first kappa shape index (κ1) is 12.0. The fourth-order valence-electron chi connectivity index (χ4n) is 1.38. The van der Waals surface area contributed by atoms with Crippen molar-refractivity contribution in [2.24, 2.45) is 0 Å². The first-order chi connectivity index (χ1) is 8.06. The molecule has 2 aromatic rings. The van der Waals surface area contributed by atoms with E-state index in [-0.39, 0.29) is 22.8 Å². The number of halogens is 2. The highest BCUT2D eigenvalue weighted by atomic mass is 35.5. The smallest absolute Gasteiger partial charge is 0.180 e. The van der Waals surface area contributed by atoms with Crippen molar-refractivity contribution in [2.75, 3.05) is 5.73 Å². The molecule has 1 aromatic carbocycles. The van der Waals surface area contributed by atoms with Crippen LogP contribution in [-0.2, 0) is 6.42 Å². The molecule has 0 spiro atoms. The minimum Gasteiger partial charge on any atom is -0.375 e. The van der Waals surface area contributed by atoms with Gasteiger partial charge < -0.3 is 5.73 Å². The third kappa shape index (κ3) is 2.81. The van der Waals surface area contributed by atoms with Gasteiger partial charge in [-0.2, -0.15) is 0 Å². The molecule has 0 radical (unpaired) electrons. The molecule has 1 heterocycles. The number of aromatic nitrogens is 1. The highest BCUT2D eigenvalue weighted by Gasteiger charge is 2.14. The average molecular weight is 271 g/mol. The van der Waals surface area contributed by atoms with E-state index in [4.69, 9.17) is 17.3 Å². The SMILES string of the molecule is Nc1nc(CC(=O)c2ccc(Cl)cc2F)cs1. The van der Waals surface area contributed by atoms with Crippen LogP contribution in [0.15, 0.2) is 23.6 Å². The number of hydrogen-bond acceptors (Lipinski definition) is 4. The summed E-state index contributed by atoms with van der Waals surface area (Å²) in [4.78, 5) is 15.7. The Hall–Kier alpha value is -1.46. The number of anilines is 1. The predicted octanol–water partition coefficient (Wildman–Crippen LogP) is 2.94. The number of ketones is 1. The Morgan fingerprint density at radius 3 is 2.88 bits per heavy atom. The normalized spacial score (nSPS) is 10.5. The van der Waals surface area contributed by atoms with Gasteiger partial charge in [-0.05, 0) is 18.2 Å². The van der Waals surface area contributed by atoms with E-state index in [0.717, 1.165) is 6.07 Å². The molecule has 6 heteroatoms. The minimum absolute atomic E-state index is 0.0148. The summed E-state index contributed by atoms with van der Waals surface area (Å²) in [5, 5.41) is 2.34. The maximum atomic E-state index is 13.5. The summed E-state index contributed by atoms with van der Waals surface area (Å²) >= 11 is 6.85. The minimum atomic E-state index is -0.620. The number of Topliss-reactive ketones (excluding diaryl/α,β-unsaturated/α-hetero) is 1. The topological polar surface area (TPSA) is 56.0 Å². The van der Waals surface area contributed by atoms with Crippen molar-refractivity contribution < 1.29 is 9.18 Å². The van der Waals surface area contributed by atoms with E-state index >= 15 is 0 Å². The van der Waals surface area contributed by atoms with Gasteiger partial charge in [-0.25, -0.2) is 9.37 Å². The van der Waals surface area contributed by atoms with E-state index < -0.39 is 5.82 Å². The van der Waals surface area contributed by atoms with Gasteiger partial charge in [0.15, 0.2) is 10.9 Å². The zero-order valence-electron chi connectivity index (χ0n) is 8.61. The van der Waals surface area contributed by atoms with E-state index in [1.807, 2.05) is 0 Å². The van der Waals surface area contributed by atoms with Crippen LogP contribution in [0.2, 0.25) is 5.02 Å². The second-order valence-corrected chi connectivity index (χ2v) is 4.73. The van der Waals surface area contributed by atoms with Gasteiger partial charge in [0.25, 0.3) is 0 Å². The van der Waals surface area contributed by atoms with E-state index in [1.54, 1.807) is 5.38 Å². The molecule has 17 heavy (non-hydrogen) atoms. The highest BCUT2D eigenvalue weighted by molar-refractivity contribution is 7.13. The maximum Gasteiger partial charge on any atom is 0.180 e. The lowest BCUT2D eigenvalue weighted by Crippen LogP contribution is -2.06. The summed E-state index contributed by atoms with van der Waals surface area (Å²) in [6, 6.07) is 3.97. The third-order valence-electron chi connectivity index (χ3n) is 2.14. The Morgan fingerprint density at radius 1 is 1.53 bits per heavy atom. The molecule has 0 fully saturated rings. The molecule has 1 aromatic heterocycles. The van der Waals surface area contributed by atoms with Gasteiger partial charge in [0.05, 0.1) is 17.7 Å². The van der Waals surface area contributed by atoms with E-state index in [9.17, 15) is 9.18 Å². The van der Waals surface area contributed by atoms with Gasteiger partial charge in [0.1, 0.15) is 5.82 Å². The van der Waals surface area contributed by atoms with Crippen LogP contribution < -0.4 is 5.73 Å². The zero-order chi connectivity index (χ0) is 12.4. The lowest BCUT2D eigenvalue weighted by atomic mass is 10.1. The van der Waals surface area contributed by atoms with Crippen molar-refractivity contribution in [3.8, 4) is 0 Å². The quantitative estimate of drug-likeness (QED) is 0.873. The number of nitrogen functional groups attached to an aromatic ring is 1. The number of hydrogen-bond donors (Lipinski definition) is 1.